The van der Waals surface area contributed by atoms with Crippen LogP contribution < -0.4 is 10.6 Å². The van der Waals surface area contributed by atoms with Gasteiger partial charge in [0, 0.05) is 23.0 Å². The van der Waals surface area contributed by atoms with Crippen molar-refractivity contribution in [2.75, 3.05) is 10.6 Å². The standard InChI is InChI=1S/C26H22N6O3/c1-16-12-14-18(15-13-16)24-29-26-27-17(2)22(25(33)28-19-8-4-3-5-9-19)23(31(26)30-24)20-10-6-7-11-21(20)32(34)35/h3-15,23H,1-2H3,(H,28,33)(H,27,29,30). The number of carbonyl (C=O) groups excluding carboxylic acids is 1. The molecule has 5 rings (SSSR count). The second kappa shape index (κ2) is 8.86. The first-order valence-electron chi connectivity index (χ1n) is 11.0. The fourth-order valence-corrected chi connectivity index (χ4v) is 4.16. The number of hydrogen-bond acceptors (Lipinski definition) is 6. The number of benzene rings is 3. The maximum absolute atomic E-state index is 13.5. The van der Waals surface area contributed by atoms with Gasteiger partial charge in [-0.05, 0) is 32.0 Å². The molecule has 0 saturated heterocycles. The molecule has 4 aromatic rings. The Labute approximate surface area is 201 Å². The molecule has 0 saturated carbocycles. The molecule has 35 heavy (non-hydrogen) atoms. The van der Waals surface area contributed by atoms with Crippen molar-refractivity contribution in [2.45, 2.75) is 19.9 Å². The average Bonchev–Trinajstić information content (AvgIpc) is 3.27. The number of fused-ring (bicyclic) bond motifs is 1. The summed E-state index contributed by atoms with van der Waals surface area (Å²) in [5, 5.41) is 22.7. The summed E-state index contributed by atoms with van der Waals surface area (Å²) in [6, 6.07) is 22.3. The van der Waals surface area contributed by atoms with Gasteiger partial charge in [0.25, 0.3) is 11.6 Å². The van der Waals surface area contributed by atoms with E-state index in [1.165, 1.54) is 6.07 Å². The molecular weight excluding hydrogens is 444 g/mol. The Bertz CT molecular complexity index is 1460. The van der Waals surface area contributed by atoms with Crippen LogP contribution in [0.1, 0.15) is 24.1 Å². The van der Waals surface area contributed by atoms with E-state index in [1.54, 1.807) is 41.9 Å². The minimum atomic E-state index is -0.858. The van der Waals surface area contributed by atoms with Crippen molar-refractivity contribution in [2.24, 2.45) is 0 Å². The molecule has 0 bridgehead atoms. The van der Waals surface area contributed by atoms with E-state index in [2.05, 4.69) is 20.7 Å². The number of rotatable bonds is 5. The molecule has 1 atom stereocenters. The minimum Gasteiger partial charge on any atom is -0.328 e. The molecule has 174 valence electrons. The molecule has 1 aromatic heterocycles. The van der Waals surface area contributed by atoms with E-state index in [1.807, 2.05) is 49.4 Å². The Balaban J connectivity index is 1.66. The number of hydrogen-bond donors (Lipinski definition) is 2. The third kappa shape index (κ3) is 4.15. The zero-order valence-corrected chi connectivity index (χ0v) is 19.1. The summed E-state index contributed by atoms with van der Waals surface area (Å²) in [6.45, 7) is 3.75. The highest BCUT2D eigenvalue weighted by molar-refractivity contribution is 6.06. The van der Waals surface area contributed by atoms with Crippen LogP contribution in [0, 0.1) is 17.0 Å². The van der Waals surface area contributed by atoms with Crippen molar-refractivity contribution < 1.29 is 9.72 Å². The molecule has 0 radical (unpaired) electrons. The lowest BCUT2D eigenvalue weighted by Crippen LogP contribution is -2.31. The number of anilines is 2. The molecule has 3 aromatic carbocycles. The van der Waals surface area contributed by atoms with Gasteiger partial charge < -0.3 is 10.6 Å². The van der Waals surface area contributed by atoms with E-state index in [9.17, 15) is 14.9 Å². The topological polar surface area (TPSA) is 115 Å². The molecule has 0 fully saturated rings. The summed E-state index contributed by atoms with van der Waals surface area (Å²) in [5.74, 6) is 0.466. The lowest BCUT2D eigenvalue weighted by atomic mass is 9.93. The fraction of sp³-hybridized carbons (Fsp3) is 0.115. The molecule has 0 spiro atoms. The van der Waals surface area contributed by atoms with Crippen molar-refractivity contribution in [1.29, 1.82) is 0 Å². The van der Waals surface area contributed by atoms with Crippen LogP contribution in [0.5, 0.6) is 0 Å². The van der Waals surface area contributed by atoms with Crippen molar-refractivity contribution in [3.05, 3.63) is 111 Å². The Kier molecular flexibility index (Phi) is 5.58. The molecule has 9 nitrogen and oxygen atoms in total. The smallest absolute Gasteiger partial charge is 0.275 e. The summed E-state index contributed by atoms with van der Waals surface area (Å²) >= 11 is 0. The van der Waals surface area contributed by atoms with Gasteiger partial charge in [-0.3, -0.25) is 14.9 Å². The van der Waals surface area contributed by atoms with Crippen molar-refractivity contribution in [3.8, 4) is 11.4 Å². The largest absolute Gasteiger partial charge is 0.328 e. The first kappa shape index (κ1) is 22.0. The van der Waals surface area contributed by atoms with Crippen molar-refractivity contribution in [3.63, 3.8) is 0 Å². The Morgan fingerprint density at radius 2 is 1.69 bits per heavy atom. The first-order valence-corrected chi connectivity index (χ1v) is 11.0. The van der Waals surface area contributed by atoms with E-state index in [0.717, 1.165) is 11.1 Å². The molecule has 1 unspecified atom stereocenters. The van der Waals surface area contributed by atoms with Gasteiger partial charge in [0.2, 0.25) is 5.95 Å². The highest BCUT2D eigenvalue weighted by Crippen LogP contribution is 2.40. The predicted molar refractivity (Wildman–Crippen MR) is 133 cm³/mol. The lowest BCUT2D eigenvalue weighted by Gasteiger charge is -2.28. The second-order valence-corrected chi connectivity index (χ2v) is 8.27. The Morgan fingerprint density at radius 1 is 1.00 bits per heavy atom. The van der Waals surface area contributed by atoms with Crippen LogP contribution in [0.3, 0.4) is 0 Å². The number of carbonyl (C=O) groups is 1. The Hall–Kier alpha value is -4.79. The second-order valence-electron chi connectivity index (χ2n) is 8.27. The van der Waals surface area contributed by atoms with Gasteiger partial charge in [0.15, 0.2) is 5.82 Å². The summed E-state index contributed by atoms with van der Waals surface area (Å²) < 4.78 is 1.55. The maximum atomic E-state index is 13.5. The van der Waals surface area contributed by atoms with Crippen LogP contribution in [0.25, 0.3) is 11.4 Å². The lowest BCUT2D eigenvalue weighted by molar-refractivity contribution is -0.385. The zero-order valence-electron chi connectivity index (χ0n) is 19.1. The highest BCUT2D eigenvalue weighted by atomic mass is 16.6. The number of aryl methyl sites for hydroxylation is 1. The van der Waals surface area contributed by atoms with Crippen LogP contribution in [-0.4, -0.2) is 25.6 Å². The molecule has 2 heterocycles. The van der Waals surface area contributed by atoms with Crippen molar-refractivity contribution in [1.82, 2.24) is 14.8 Å². The zero-order chi connectivity index (χ0) is 24.5. The van der Waals surface area contributed by atoms with Crippen LogP contribution in [0.2, 0.25) is 0 Å². The SMILES string of the molecule is CC1=C(C(=O)Nc2ccccc2)C(c2ccccc2[N+](=O)[O-])n2nc(-c3ccc(C)cc3)nc2N1. The number of aromatic nitrogens is 3. The molecular formula is C26H22N6O3. The van der Waals surface area contributed by atoms with Gasteiger partial charge >= 0.3 is 0 Å². The molecule has 9 heteroatoms. The third-order valence-corrected chi connectivity index (χ3v) is 5.87. The van der Waals surface area contributed by atoms with Crippen molar-refractivity contribution >= 4 is 23.2 Å². The fourth-order valence-electron chi connectivity index (χ4n) is 4.16. The summed E-state index contributed by atoms with van der Waals surface area (Å²) in [5.41, 5.74) is 3.62. The molecule has 1 amide bonds. The monoisotopic (exact) mass is 466 g/mol. The number of nitrogens with one attached hydrogen (secondary N) is 2. The predicted octanol–water partition coefficient (Wildman–Crippen LogP) is 5.09. The van der Waals surface area contributed by atoms with Gasteiger partial charge in [-0.2, -0.15) is 4.98 Å². The van der Waals surface area contributed by atoms with E-state index in [-0.39, 0.29) is 11.6 Å². The molecule has 0 aliphatic carbocycles. The van der Waals surface area contributed by atoms with Gasteiger partial charge in [-0.1, -0.05) is 60.2 Å². The molecule has 1 aliphatic rings. The minimum absolute atomic E-state index is 0.101. The number of nitro groups is 1. The average molecular weight is 467 g/mol. The van der Waals surface area contributed by atoms with Gasteiger partial charge in [0.1, 0.15) is 6.04 Å². The number of para-hydroxylation sites is 2. The van der Waals surface area contributed by atoms with Gasteiger partial charge in [-0.25, -0.2) is 4.68 Å². The van der Waals surface area contributed by atoms with E-state index >= 15 is 0 Å². The number of nitrogens with zero attached hydrogens (tertiary/aromatic N) is 4. The molecule has 1 aliphatic heterocycles. The van der Waals surface area contributed by atoms with Crippen LogP contribution >= 0.6 is 0 Å². The highest BCUT2D eigenvalue weighted by Gasteiger charge is 2.37. The normalized spacial score (nSPS) is 14.7. The van der Waals surface area contributed by atoms with Crippen LogP contribution in [0.15, 0.2) is 90.1 Å². The van der Waals surface area contributed by atoms with Gasteiger partial charge in [-0.15, -0.1) is 5.10 Å². The summed E-state index contributed by atoms with van der Waals surface area (Å²) in [4.78, 5) is 29.6. The summed E-state index contributed by atoms with van der Waals surface area (Å²) in [6.07, 6.45) is 0. The Morgan fingerprint density at radius 3 is 2.40 bits per heavy atom. The number of amides is 1. The number of nitro benzene ring substituents is 1. The van der Waals surface area contributed by atoms with Gasteiger partial charge in [0.05, 0.1) is 16.1 Å². The first-order chi connectivity index (χ1) is 16.9. The quantitative estimate of drug-likeness (QED) is 0.313. The van der Waals surface area contributed by atoms with E-state index < -0.39 is 11.0 Å². The van der Waals surface area contributed by atoms with E-state index in [0.29, 0.717) is 34.3 Å². The van der Waals surface area contributed by atoms with E-state index in [4.69, 9.17) is 0 Å². The maximum Gasteiger partial charge on any atom is 0.275 e. The number of allylic oxidation sites excluding steroid dienone is 1. The summed E-state index contributed by atoms with van der Waals surface area (Å²) in [7, 11) is 0. The van der Waals surface area contributed by atoms with Crippen LogP contribution in [-0.2, 0) is 4.79 Å². The third-order valence-electron chi connectivity index (χ3n) is 5.87. The van der Waals surface area contributed by atoms with Crippen LogP contribution in [0.4, 0.5) is 17.3 Å². The molecule has 2 N–H and O–H groups in total.